The van der Waals surface area contributed by atoms with E-state index in [1.807, 2.05) is 18.2 Å². The van der Waals surface area contributed by atoms with Crippen molar-refractivity contribution in [1.82, 2.24) is 0 Å². The summed E-state index contributed by atoms with van der Waals surface area (Å²) in [5, 5.41) is 2.31. The maximum Gasteiger partial charge on any atom is 0.143 e. The molecular weight excluding hydrogens is 456 g/mol. The molecule has 0 saturated heterocycles. The van der Waals surface area contributed by atoms with Crippen LogP contribution in [0.3, 0.4) is 0 Å². The van der Waals surface area contributed by atoms with Crippen LogP contribution in [0.2, 0.25) is 0 Å². The molecule has 0 amide bonds. The minimum Gasteiger partial charge on any atom is -0.455 e. The molecule has 0 N–H and O–H groups in total. The fourth-order valence-electron chi connectivity index (χ4n) is 4.36. The lowest BCUT2D eigenvalue weighted by Gasteiger charge is -2.10. The molecule has 32 heavy (non-hydrogen) atoms. The summed E-state index contributed by atoms with van der Waals surface area (Å²) in [5.74, 6) is 0. The van der Waals surface area contributed by atoms with E-state index in [2.05, 4.69) is 113 Å². The van der Waals surface area contributed by atoms with E-state index in [-0.39, 0.29) is 0 Å². The molecule has 0 aliphatic rings. The Hall–Kier alpha value is -3.62. The molecule has 0 aliphatic heterocycles. The van der Waals surface area contributed by atoms with Crippen molar-refractivity contribution >= 4 is 37.9 Å². The number of hydrogen-bond acceptors (Lipinski definition) is 1. The number of benzene rings is 5. The fraction of sp³-hybridized carbons (Fsp3) is 0. The smallest absolute Gasteiger partial charge is 0.143 e. The molecule has 0 aliphatic carbocycles. The Balaban J connectivity index is 1.43. The van der Waals surface area contributed by atoms with Crippen molar-refractivity contribution in [1.29, 1.82) is 0 Å². The summed E-state index contributed by atoms with van der Waals surface area (Å²) in [6, 6.07) is 40.3. The van der Waals surface area contributed by atoms with E-state index in [4.69, 9.17) is 4.42 Å². The van der Waals surface area contributed by atoms with Gasteiger partial charge in [0.1, 0.15) is 11.2 Å². The van der Waals surface area contributed by atoms with Crippen LogP contribution in [0.15, 0.2) is 124 Å². The van der Waals surface area contributed by atoms with Crippen LogP contribution in [-0.4, -0.2) is 0 Å². The van der Waals surface area contributed by atoms with E-state index < -0.39 is 0 Å². The zero-order valence-electron chi connectivity index (χ0n) is 17.3. The quantitative estimate of drug-likeness (QED) is 0.249. The Labute approximate surface area is 195 Å². The largest absolute Gasteiger partial charge is 0.455 e. The normalized spacial score (nSPS) is 11.3. The van der Waals surface area contributed by atoms with Crippen LogP contribution in [0.4, 0.5) is 0 Å². The third-order valence-corrected chi connectivity index (χ3v) is 6.68. The Kier molecular flexibility index (Phi) is 4.66. The van der Waals surface area contributed by atoms with E-state index in [0.29, 0.717) is 0 Å². The van der Waals surface area contributed by atoms with Crippen LogP contribution in [0.1, 0.15) is 0 Å². The molecule has 0 unspecified atom stereocenters. The van der Waals surface area contributed by atoms with Gasteiger partial charge in [0.2, 0.25) is 0 Å². The number of fused-ring (bicyclic) bond motifs is 3. The molecule has 0 radical (unpaired) electrons. The molecule has 0 saturated carbocycles. The van der Waals surface area contributed by atoms with Crippen LogP contribution in [-0.2, 0) is 0 Å². The van der Waals surface area contributed by atoms with Crippen molar-refractivity contribution in [3.63, 3.8) is 0 Å². The average molecular weight is 475 g/mol. The van der Waals surface area contributed by atoms with Crippen molar-refractivity contribution in [2.75, 3.05) is 0 Å². The van der Waals surface area contributed by atoms with Gasteiger partial charge in [-0.05, 0) is 46.0 Å². The maximum absolute atomic E-state index is 6.23. The molecule has 5 aromatic carbocycles. The van der Waals surface area contributed by atoms with Crippen molar-refractivity contribution in [3.05, 3.63) is 120 Å². The first-order valence-corrected chi connectivity index (χ1v) is 11.4. The van der Waals surface area contributed by atoms with Gasteiger partial charge in [0.25, 0.3) is 0 Å². The van der Waals surface area contributed by atoms with Gasteiger partial charge >= 0.3 is 0 Å². The molecule has 1 nitrogen and oxygen atoms in total. The second-order valence-corrected chi connectivity index (χ2v) is 8.77. The highest BCUT2D eigenvalue weighted by atomic mass is 79.9. The first-order valence-electron chi connectivity index (χ1n) is 10.6. The van der Waals surface area contributed by atoms with Crippen LogP contribution < -0.4 is 0 Å². The zero-order chi connectivity index (χ0) is 21.5. The lowest BCUT2D eigenvalue weighted by atomic mass is 9.96. The molecule has 0 spiro atoms. The van der Waals surface area contributed by atoms with Crippen molar-refractivity contribution < 1.29 is 4.42 Å². The third-order valence-electron chi connectivity index (χ3n) is 5.98. The molecule has 6 rings (SSSR count). The minimum atomic E-state index is 0.924. The molecule has 0 atom stereocenters. The van der Waals surface area contributed by atoms with E-state index in [1.165, 1.54) is 22.3 Å². The number of para-hydroxylation sites is 2. The van der Waals surface area contributed by atoms with Crippen molar-refractivity contribution in [2.45, 2.75) is 0 Å². The fourth-order valence-corrected chi connectivity index (χ4v) is 4.84. The van der Waals surface area contributed by atoms with Crippen LogP contribution in [0.5, 0.6) is 0 Å². The lowest BCUT2D eigenvalue weighted by molar-refractivity contribution is 0.670. The van der Waals surface area contributed by atoms with Gasteiger partial charge in [0.15, 0.2) is 0 Å². The SMILES string of the molecule is Brc1ccc(-c2ccccc2)cc1-c1ccc(-c2cccc3c2oc2ccccc23)cc1. The Morgan fingerprint density at radius 2 is 1.12 bits per heavy atom. The second-order valence-electron chi connectivity index (χ2n) is 7.92. The first-order chi connectivity index (χ1) is 15.8. The highest BCUT2D eigenvalue weighted by Crippen LogP contribution is 2.37. The predicted octanol–water partition coefficient (Wildman–Crippen LogP) is 9.35. The molecule has 0 bridgehead atoms. The topological polar surface area (TPSA) is 13.1 Å². The molecule has 1 aromatic heterocycles. The van der Waals surface area contributed by atoms with Gasteiger partial charge in [-0.2, -0.15) is 0 Å². The summed E-state index contributed by atoms with van der Waals surface area (Å²) in [6.07, 6.45) is 0. The van der Waals surface area contributed by atoms with Crippen LogP contribution >= 0.6 is 15.9 Å². The Morgan fingerprint density at radius 1 is 0.469 bits per heavy atom. The van der Waals surface area contributed by atoms with E-state index in [0.717, 1.165) is 37.5 Å². The summed E-state index contributed by atoms with van der Waals surface area (Å²) in [5.41, 5.74) is 8.91. The lowest BCUT2D eigenvalue weighted by Crippen LogP contribution is -1.85. The van der Waals surface area contributed by atoms with Crippen molar-refractivity contribution in [2.24, 2.45) is 0 Å². The van der Waals surface area contributed by atoms with Gasteiger partial charge in [-0.1, -0.05) is 113 Å². The summed E-state index contributed by atoms with van der Waals surface area (Å²) in [6.45, 7) is 0. The van der Waals surface area contributed by atoms with Crippen molar-refractivity contribution in [3.8, 4) is 33.4 Å². The number of rotatable bonds is 3. The van der Waals surface area contributed by atoms with Gasteiger partial charge in [0, 0.05) is 20.8 Å². The number of halogens is 1. The van der Waals surface area contributed by atoms with E-state index in [9.17, 15) is 0 Å². The minimum absolute atomic E-state index is 0.924. The van der Waals surface area contributed by atoms with Crippen LogP contribution in [0.25, 0.3) is 55.3 Å². The number of furan rings is 1. The van der Waals surface area contributed by atoms with E-state index in [1.54, 1.807) is 0 Å². The standard InChI is InChI=1S/C30H19BrO/c31-28-18-17-23(20-7-2-1-3-8-20)19-27(28)22-15-13-21(14-16-22)24-10-6-11-26-25-9-4-5-12-29(25)32-30(24)26/h1-19H. The molecule has 0 fully saturated rings. The highest BCUT2D eigenvalue weighted by Gasteiger charge is 2.12. The zero-order valence-corrected chi connectivity index (χ0v) is 18.8. The maximum atomic E-state index is 6.23. The van der Waals surface area contributed by atoms with Gasteiger partial charge in [-0.25, -0.2) is 0 Å². The molecular formula is C30H19BrO. The second kappa shape index (κ2) is 7.81. The average Bonchev–Trinajstić information content (AvgIpc) is 3.24. The third kappa shape index (κ3) is 3.24. The summed E-state index contributed by atoms with van der Waals surface area (Å²) < 4.78 is 7.32. The highest BCUT2D eigenvalue weighted by molar-refractivity contribution is 9.10. The summed E-state index contributed by atoms with van der Waals surface area (Å²) >= 11 is 3.74. The van der Waals surface area contributed by atoms with Crippen LogP contribution in [0, 0.1) is 0 Å². The Morgan fingerprint density at radius 3 is 1.94 bits per heavy atom. The monoisotopic (exact) mass is 474 g/mol. The van der Waals surface area contributed by atoms with Gasteiger partial charge in [-0.15, -0.1) is 0 Å². The first kappa shape index (κ1) is 19.1. The Bertz CT molecular complexity index is 1560. The summed E-state index contributed by atoms with van der Waals surface area (Å²) in [4.78, 5) is 0. The molecule has 152 valence electrons. The predicted molar refractivity (Wildman–Crippen MR) is 138 cm³/mol. The molecule has 1 heterocycles. The van der Waals surface area contributed by atoms with E-state index >= 15 is 0 Å². The van der Waals surface area contributed by atoms with Gasteiger partial charge in [0.05, 0.1) is 0 Å². The number of hydrogen-bond donors (Lipinski definition) is 0. The molecule has 2 heteroatoms. The van der Waals surface area contributed by atoms with Gasteiger partial charge < -0.3 is 4.42 Å². The van der Waals surface area contributed by atoms with Gasteiger partial charge in [-0.3, -0.25) is 0 Å². The molecule has 6 aromatic rings. The summed E-state index contributed by atoms with van der Waals surface area (Å²) in [7, 11) is 0.